The summed E-state index contributed by atoms with van der Waals surface area (Å²) in [4.78, 5) is 18.2. The van der Waals surface area contributed by atoms with Crippen molar-refractivity contribution in [1.29, 1.82) is 5.53 Å². The minimum absolute atomic E-state index is 0.370. The predicted octanol–water partition coefficient (Wildman–Crippen LogP) is 1.77. The molecule has 0 aromatic heterocycles. The first-order valence-corrected chi connectivity index (χ1v) is 4.65. The van der Waals surface area contributed by atoms with Crippen molar-refractivity contribution in [3.63, 3.8) is 0 Å². The highest BCUT2D eigenvalue weighted by atomic mass is 31.2. The maximum atomic E-state index is 10.1. The lowest BCUT2D eigenvalue weighted by atomic mass is 10.3. The molecule has 0 rings (SSSR count). The fraction of sp³-hybridized carbons (Fsp3) is 1.00. The number of nitrogens with zero attached hydrogens (tertiary/aromatic N) is 2. The Labute approximate surface area is 70.0 Å². The van der Waals surface area contributed by atoms with Crippen LogP contribution in [0.3, 0.4) is 0 Å². The summed E-state index contributed by atoms with van der Waals surface area (Å²) in [5.74, 6) is 0. The minimum atomic E-state index is -4.24. The summed E-state index contributed by atoms with van der Waals surface area (Å²) in [6.07, 6.45) is 0.233. The van der Waals surface area contributed by atoms with Gasteiger partial charge in [0.15, 0.2) is 0 Å². The van der Waals surface area contributed by atoms with Gasteiger partial charge in [-0.1, -0.05) is 6.92 Å². The third-order valence-corrected chi connectivity index (χ3v) is 1.53. The molecule has 72 valence electrons. The highest BCUT2D eigenvalue weighted by Crippen LogP contribution is 2.37. The fourth-order valence-corrected chi connectivity index (χ4v) is 0.927. The summed E-state index contributed by atoms with van der Waals surface area (Å²) in [7, 11) is -4.24. The molecule has 1 atom stereocenters. The molecule has 0 saturated heterocycles. The van der Waals surface area contributed by atoms with Gasteiger partial charge in [-0.3, -0.25) is 4.52 Å². The fourth-order valence-electron chi connectivity index (χ4n) is 0.309. The Bertz CT molecular complexity index is 185. The van der Waals surface area contributed by atoms with Gasteiger partial charge in [-0.05, 0) is 23.8 Å². The summed E-state index contributed by atoms with van der Waals surface area (Å²) < 4.78 is 14.3. The quantitative estimate of drug-likeness (QED) is 0.275. The van der Waals surface area contributed by atoms with Gasteiger partial charge < -0.3 is 9.79 Å². The van der Waals surface area contributed by atoms with Crippen LogP contribution in [-0.4, -0.2) is 15.9 Å². The molecule has 0 spiro atoms. The van der Waals surface area contributed by atoms with Gasteiger partial charge in [-0.2, -0.15) is 0 Å². The van der Waals surface area contributed by atoms with E-state index in [4.69, 9.17) is 20.8 Å². The molecule has 1 unspecified atom stereocenters. The molecular weight excluding hydrogens is 185 g/mol. The monoisotopic (exact) mass is 197 g/mol. The third-order valence-electron chi connectivity index (χ3n) is 0.892. The Hall–Kier alpha value is -0.580. The van der Waals surface area contributed by atoms with Crippen LogP contribution >= 0.6 is 7.82 Å². The number of hydrogen-bond donors (Lipinski definition) is 3. The number of phosphoric ester groups is 1. The summed E-state index contributed by atoms with van der Waals surface area (Å²) in [5, 5.41) is 0. The zero-order valence-corrected chi connectivity index (χ0v) is 7.73. The van der Waals surface area contributed by atoms with Crippen LogP contribution in [0.4, 0.5) is 0 Å². The topological polar surface area (TPSA) is 127 Å². The van der Waals surface area contributed by atoms with E-state index in [1.165, 1.54) is 0 Å². The van der Waals surface area contributed by atoms with Gasteiger partial charge in [0.2, 0.25) is 0 Å². The number of nitrogens with one attached hydrogen (secondary N) is 1. The Morgan fingerprint density at radius 3 is 2.17 bits per heavy atom. The molecule has 12 heavy (non-hydrogen) atoms. The average Bonchev–Trinajstić information content (AvgIpc) is 1.86. The van der Waals surface area contributed by atoms with Gasteiger partial charge in [0.25, 0.3) is 0 Å². The first-order chi connectivity index (χ1) is 5.37. The average molecular weight is 197 g/mol. The van der Waals surface area contributed by atoms with Gasteiger partial charge in [0.05, 0.1) is 6.10 Å². The summed E-state index contributed by atoms with van der Waals surface area (Å²) in [6.45, 7) is 3.40. The molecule has 3 N–H and O–H groups in total. The summed E-state index contributed by atoms with van der Waals surface area (Å²) in [5.41, 5.74) is 12.2. The van der Waals surface area contributed by atoms with E-state index in [9.17, 15) is 4.57 Å². The maximum Gasteiger partial charge on any atom is 0.469 e. The van der Waals surface area contributed by atoms with Crippen LogP contribution in [0.15, 0.2) is 0 Å². The van der Waals surface area contributed by atoms with E-state index in [0.29, 0.717) is 6.42 Å². The van der Waals surface area contributed by atoms with Gasteiger partial charge >= 0.3 is 7.82 Å². The van der Waals surface area contributed by atoms with Crippen molar-refractivity contribution in [2.24, 2.45) is 0 Å². The van der Waals surface area contributed by atoms with Gasteiger partial charge in [0.1, 0.15) is 0 Å². The molecule has 0 aliphatic heterocycles. The SMILES string of the molecule is CCC(C)OP(=O)(O)O.[N-]=[N+]=N. The highest BCUT2D eigenvalue weighted by molar-refractivity contribution is 7.46. The zero-order valence-electron chi connectivity index (χ0n) is 6.84. The molecule has 8 heteroatoms. The number of rotatable bonds is 3. The van der Waals surface area contributed by atoms with Crippen molar-refractivity contribution in [2.75, 3.05) is 0 Å². The van der Waals surface area contributed by atoms with Crippen molar-refractivity contribution < 1.29 is 18.9 Å². The molecule has 0 aliphatic rings. The first kappa shape index (κ1) is 14.0. The van der Waals surface area contributed by atoms with Crippen molar-refractivity contribution in [2.45, 2.75) is 26.4 Å². The molecule has 7 nitrogen and oxygen atoms in total. The van der Waals surface area contributed by atoms with Gasteiger partial charge in [0, 0.05) is 0 Å². The second-order valence-corrected chi connectivity index (χ2v) is 3.11. The largest absolute Gasteiger partial charge is 0.469 e. The molecule has 0 aromatic carbocycles. The van der Waals surface area contributed by atoms with Crippen LogP contribution in [0.25, 0.3) is 10.4 Å². The second-order valence-electron chi connectivity index (χ2n) is 1.91. The van der Waals surface area contributed by atoms with Crippen molar-refractivity contribution in [1.82, 2.24) is 0 Å². The van der Waals surface area contributed by atoms with Crippen molar-refractivity contribution >= 4 is 7.82 Å². The lowest BCUT2D eigenvalue weighted by molar-refractivity contribution is 0.142. The Kier molecular flexibility index (Phi) is 8.26. The minimum Gasteiger partial charge on any atom is -0.303 e. The molecule has 0 aliphatic carbocycles. The summed E-state index contributed by atoms with van der Waals surface area (Å²) >= 11 is 0. The Morgan fingerprint density at radius 1 is 1.75 bits per heavy atom. The van der Waals surface area contributed by atoms with Crippen LogP contribution in [0.5, 0.6) is 0 Å². The first-order valence-electron chi connectivity index (χ1n) is 3.12. The number of phosphoric acid groups is 1. The van der Waals surface area contributed by atoms with E-state index in [1.54, 1.807) is 18.8 Å². The zero-order chi connectivity index (χ0) is 10.2. The predicted molar refractivity (Wildman–Crippen MR) is 42.3 cm³/mol. The van der Waals surface area contributed by atoms with E-state index in [1.807, 2.05) is 0 Å². The lowest BCUT2D eigenvalue weighted by Crippen LogP contribution is -2.03. The molecule has 0 bridgehead atoms. The van der Waals surface area contributed by atoms with Crippen LogP contribution in [-0.2, 0) is 9.09 Å². The summed E-state index contributed by atoms with van der Waals surface area (Å²) in [6, 6.07) is 0. The molecular formula is C4H12N3O4P. The van der Waals surface area contributed by atoms with Crippen molar-refractivity contribution in [3.8, 4) is 0 Å². The van der Waals surface area contributed by atoms with Crippen LogP contribution in [0.1, 0.15) is 20.3 Å². The van der Waals surface area contributed by atoms with Crippen LogP contribution in [0.2, 0.25) is 0 Å². The van der Waals surface area contributed by atoms with E-state index in [0.717, 1.165) is 0 Å². The number of hydrogen-bond acceptors (Lipinski definition) is 3. The van der Waals surface area contributed by atoms with Gasteiger partial charge in [-0.15, -0.1) is 5.53 Å². The lowest BCUT2D eigenvalue weighted by Gasteiger charge is -2.09. The van der Waals surface area contributed by atoms with Crippen LogP contribution in [0, 0.1) is 5.53 Å². The van der Waals surface area contributed by atoms with Gasteiger partial charge in [-0.25, -0.2) is 4.57 Å². The van der Waals surface area contributed by atoms with E-state index >= 15 is 0 Å². The van der Waals surface area contributed by atoms with E-state index in [2.05, 4.69) is 4.52 Å². The third kappa shape index (κ3) is 16.2. The molecule has 0 saturated carbocycles. The van der Waals surface area contributed by atoms with E-state index in [-0.39, 0.29) is 6.10 Å². The standard InChI is InChI=1S/C4H11O4P.HN3/c1-3-4(2)8-9(5,6)7;1-3-2/h4H,3H2,1-2H3,(H2,5,6,7);1H. The second kappa shape index (κ2) is 7.09. The molecule has 0 amide bonds. The maximum absolute atomic E-state index is 10.1. The molecule has 0 radical (unpaired) electrons. The Balaban J connectivity index is 0. The molecule has 0 aromatic rings. The highest BCUT2D eigenvalue weighted by Gasteiger charge is 2.16. The van der Waals surface area contributed by atoms with E-state index < -0.39 is 7.82 Å². The van der Waals surface area contributed by atoms with Crippen molar-refractivity contribution in [3.05, 3.63) is 10.4 Å². The smallest absolute Gasteiger partial charge is 0.303 e. The molecule has 0 heterocycles. The van der Waals surface area contributed by atoms with Crippen LogP contribution < -0.4 is 0 Å². The normalized spacial score (nSPS) is 12.3. The molecule has 0 fully saturated rings. The Morgan fingerprint density at radius 2 is 2.08 bits per heavy atom.